The van der Waals surface area contributed by atoms with Crippen molar-refractivity contribution in [3.8, 4) is 5.75 Å². The van der Waals surface area contributed by atoms with Gasteiger partial charge in [-0.1, -0.05) is 30.3 Å². The van der Waals surface area contributed by atoms with E-state index in [-0.39, 0.29) is 18.0 Å². The number of rotatable bonds is 0. The van der Waals surface area contributed by atoms with Gasteiger partial charge in [-0.3, -0.25) is 0 Å². The number of fused-ring (bicyclic) bond motifs is 7. The third-order valence-corrected chi connectivity index (χ3v) is 4.87. The number of benzene rings is 3. The molecule has 1 aliphatic heterocycles. The van der Waals surface area contributed by atoms with Gasteiger partial charge in [0.1, 0.15) is 30.2 Å². The highest BCUT2D eigenvalue weighted by atomic mass is 16.6. The van der Waals surface area contributed by atoms with Gasteiger partial charge < -0.3 is 20.1 Å². The van der Waals surface area contributed by atoms with Crippen LogP contribution in [-0.2, 0) is 4.74 Å². The third kappa shape index (κ3) is 1.47. The Bertz CT molecular complexity index is 933. The molecule has 0 aromatic heterocycles. The van der Waals surface area contributed by atoms with Crippen LogP contribution in [0.4, 0.5) is 0 Å². The number of phenolic OH excluding ortho intramolecular Hbond substituents is 1. The lowest BCUT2D eigenvalue weighted by atomic mass is 9.83. The summed E-state index contributed by atoms with van der Waals surface area (Å²) in [5, 5.41) is 34.1. The highest BCUT2D eigenvalue weighted by molar-refractivity contribution is 6.09. The smallest absolute Gasteiger partial charge is 0.118 e. The van der Waals surface area contributed by atoms with Crippen LogP contribution in [0, 0.1) is 0 Å². The van der Waals surface area contributed by atoms with Crippen LogP contribution in [0.5, 0.6) is 5.75 Å². The van der Waals surface area contributed by atoms with Gasteiger partial charge in [0.15, 0.2) is 0 Å². The minimum Gasteiger partial charge on any atom is -0.508 e. The Morgan fingerprint density at radius 3 is 2.50 bits per heavy atom. The molecule has 110 valence electrons. The van der Waals surface area contributed by atoms with Crippen molar-refractivity contribution < 1.29 is 20.1 Å². The van der Waals surface area contributed by atoms with E-state index >= 15 is 0 Å². The largest absolute Gasteiger partial charge is 0.508 e. The number of epoxide rings is 1. The van der Waals surface area contributed by atoms with Gasteiger partial charge in [-0.2, -0.15) is 0 Å². The molecule has 1 fully saturated rings. The SMILES string of the molecule is Oc1ccc2ccc3c4c(ccc3c2c1)[C@@H](O)[C@H](O)[C@@H]1O[C@H]41. The molecule has 1 aliphatic carbocycles. The van der Waals surface area contributed by atoms with Crippen molar-refractivity contribution in [3.63, 3.8) is 0 Å². The second-order valence-electron chi connectivity index (χ2n) is 6.09. The average Bonchev–Trinajstić information content (AvgIpc) is 3.32. The van der Waals surface area contributed by atoms with Crippen molar-refractivity contribution in [2.45, 2.75) is 24.4 Å². The normalized spacial score (nSPS) is 29.4. The Morgan fingerprint density at radius 1 is 0.864 bits per heavy atom. The number of phenols is 1. The van der Waals surface area contributed by atoms with Gasteiger partial charge in [0.05, 0.1) is 0 Å². The second-order valence-corrected chi connectivity index (χ2v) is 6.09. The molecule has 3 aromatic carbocycles. The molecule has 5 rings (SSSR count). The summed E-state index contributed by atoms with van der Waals surface area (Å²) in [6, 6.07) is 13.1. The van der Waals surface area contributed by atoms with Gasteiger partial charge >= 0.3 is 0 Å². The van der Waals surface area contributed by atoms with E-state index in [1.807, 2.05) is 30.3 Å². The molecule has 0 unspecified atom stereocenters. The van der Waals surface area contributed by atoms with Gasteiger partial charge in [-0.15, -0.1) is 0 Å². The van der Waals surface area contributed by atoms with Crippen LogP contribution in [0.15, 0.2) is 42.5 Å². The lowest BCUT2D eigenvalue weighted by Gasteiger charge is -2.24. The zero-order valence-electron chi connectivity index (χ0n) is 11.6. The molecule has 1 saturated heterocycles. The van der Waals surface area contributed by atoms with E-state index < -0.39 is 12.2 Å². The van der Waals surface area contributed by atoms with Crippen molar-refractivity contribution in [2.24, 2.45) is 0 Å². The molecule has 4 nitrogen and oxygen atoms in total. The summed E-state index contributed by atoms with van der Waals surface area (Å²) in [5.74, 6) is 0.230. The fourth-order valence-electron chi connectivity index (χ4n) is 3.72. The summed E-state index contributed by atoms with van der Waals surface area (Å²) in [5.41, 5.74) is 1.70. The third-order valence-electron chi connectivity index (χ3n) is 4.87. The van der Waals surface area contributed by atoms with Crippen molar-refractivity contribution in [1.82, 2.24) is 0 Å². The van der Waals surface area contributed by atoms with Crippen LogP contribution in [0.2, 0.25) is 0 Å². The Labute approximate surface area is 126 Å². The molecule has 0 saturated carbocycles. The van der Waals surface area contributed by atoms with Crippen molar-refractivity contribution >= 4 is 21.5 Å². The van der Waals surface area contributed by atoms with Crippen LogP contribution in [-0.4, -0.2) is 27.5 Å². The fourth-order valence-corrected chi connectivity index (χ4v) is 3.72. The number of hydrogen-bond donors (Lipinski definition) is 3. The first kappa shape index (κ1) is 12.4. The molecule has 0 bridgehead atoms. The van der Waals surface area contributed by atoms with Gasteiger partial charge in [0.2, 0.25) is 0 Å². The fraction of sp³-hybridized carbons (Fsp3) is 0.222. The van der Waals surface area contributed by atoms with Crippen molar-refractivity contribution in [1.29, 1.82) is 0 Å². The lowest BCUT2D eigenvalue weighted by Crippen LogP contribution is -2.29. The van der Waals surface area contributed by atoms with E-state index in [9.17, 15) is 15.3 Å². The molecule has 3 aromatic rings. The molecule has 2 aliphatic rings. The lowest BCUT2D eigenvalue weighted by molar-refractivity contribution is 0.000106. The van der Waals surface area contributed by atoms with Gasteiger partial charge in [-0.05, 0) is 44.8 Å². The molecule has 1 heterocycles. The van der Waals surface area contributed by atoms with E-state index in [1.54, 1.807) is 12.1 Å². The van der Waals surface area contributed by atoms with Crippen LogP contribution in [0.3, 0.4) is 0 Å². The van der Waals surface area contributed by atoms with E-state index in [1.165, 1.54) is 0 Å². The summed E-state index contributed by atoms with van der Waals surface area (Å²) in [4.78, 5) is 0. The van der Waals surface area contributed by atoms with Crippen LogP contribution in [0.1, 0.15) is 23.3 Å². The van der Waals surface area contributed by atoms with Crippen molar-refractivity contribution in [3.05, 3.63) is 53.6 Å². The zero-order valence-corrected chi connectivity index (χ0v) is 11.6. The first-order chi connectivity index (χ1) is 10.6. The molecular formula is C18H14O4. The molecular weight excluding hydrogens is 280 g/mol. The highest BCUT2D eigenvalue weighted by Gasteiger charge is 2.54. The predicted octanol–water partition coefficient (Wildman–Crippen LogP) is 2.55. The number of aliphatic hydroxyl groups is 2. The maximum Gasteiger partial charge on any atom is 0.118 e. The van der Waals surface area contributed by atoms with E-state index in [0.717, 1.165) is 32.7 Å². The first-order valence-electron chi connectivity index (χ1n) is 7.35. The minimum atomic E-state index is -0.914. The summed E-state index contributed by atoms with van der Waals surface area (Å²) < 4.78 is 5.57. The molecule has 4 atom stereocenters. The number of aromatic hydroxyl groups is 1. The average molecular weight is 294 g/mol. The molecule has 22 heavy (non-hydrogen) atoms. The first-order valence-corrected chi connectivity index (χ1v) is 7.35. The Kier molecular flexibility index (Phi) is 2.25. The summed E-state index contributed by atoms with van der Waals surface area (Å²) in [6.45, 7) is 0. The maximum atomic E-state index is 10.3. The Morgan fingerprint density at radius 2 is 1.64 bits per heavy atom. The highest BCUT2D eigenvalue weighted by Crippen LogP contribution is 2.53. The number of hydrogen-bond acceptors (Lipinski definition) is 4. The standard InChI is InChI=1S/C18H14O4/c19-9-3-1-8-2-4-11-10(13(8)7-9)5-6-12-14(11)17-18(22-17)16(21)15(12)20/h1-7,15-21H/t15-,16+,17-,18+/m1/s1. The minimum absolute atomic E-state index is 0.146. The summed E-state index contributed by atoms with van der Waals surface area (Å²) >= 11 is 0. The van der Waals surface area contributed by atoms with E-state index in [4.69, 9.17) is 4.74 Å². The monoisotopic (exact) mass is 294 g/mol. The number of aliphatic hydroxyl groups excluding tert-OH is 2. The van der Waals surface area contributed by atoms with Crippen LogP contribution >= 0.6 is 0 Å². The molecule has 0 radical (unpaired) electrons. The quantitative estimate of drug-likeness (QED) is 0.440. The molecule has 0 spiro atoms. The van der Waals surface area contributed by atoms with Gasteiger partial charge in [0, 0.05) is 0 Å². The summed E-state index contributed by atoms with van der Waals surface area (Å²) in [7, 11) is 0. The predicted molar refractivity (Wildman–Crippen MR) is 81.7 cm³/mol. The molecule has 3 N–H and O–H groups in total. The maximum absolute atomic E-state index is 10.3. The molecule has 4 heteroatoms. The van der Waals surface area contributed by atoms with Gasteiger partial charge in [-0.25, -0.2) is 0 Å². The summed E-state index contributed by atoms with van der Waals surface area (Å²) in [6.07, 6.45) is -2.23. The molecule has 0 amide bonds. The van der Waals surface area contributed by atoms with Crippen LogP contribution in [0.25, 0.3) is 21.5 Å². The Balaban J connectivity index is 1.89. The van der Waals surface area contributed by atoms with Gasteiger partial charge in [0.25, 0.3) is 0 Å². The van der Waals surface area contributed by atoms with E-state index in [0.29, 0.717) is 0 Å². The van der Waals surface area contributed by atoms with Crippen LogP contribution < -0.4 is 0 Å². The van der Waals surface area contributed by atoms with E-state index in [2.05, 4.69) is 0 Å². The van der Waals surface area contributed by atoms with Crippen molar-refractivity contribution in [2.75, 3.05) is 0 Å². The second kappa shape index (κ2) is 3.98. The number of ether oxygens (including phenoxy) is 1. The zero-order chi connectivity index (χ0) is 15.0. The topological polar surface area (TPSA) is 73.2 Å². The Hall–Kier alpha value is -2.14.